The summed E-state index contributed by atoms with van der Waals surface area (Å²) in [4.78, 5) is 24.6. The van der Waals surface area contributed by atoms with Gasteiger partial charge in [0, 0.05) is 18.5 Å². The second-order valence-electron chi connectivity index (χ2n) is 11.4. The van der Waals surface area contributed by atoms with Gasteiger partial charge in [-0.15, -0.1) is 0 Å². The number of halogens is 1. The van der Waals surface area contributed by atoms with E-state index in [2.05, 4.69) is 10.6 Å². The minimum Gasteiger partial charge on any atom is -0.394 e. The molecule has 3 unspecified atom stereocenters. The van der Waals surface area contributed by atoms with Crippen LogP contribution in [-0.4, -0.2) is 111 Å². The van der Waals surface area contributed by atoms with Crippen molar-refractivity contribution in [3.63, 3.8) is 0 Å². The van der Waals surface area contributed by atoms with Crippen molar-refractivity contribution in [1.29, 1.82) is 0 Å². The molecule has 2 amide bonds. The van der Waals surface area contributed by atoms with Gasteiger partial charge >= 0.3 is 0 Å². The van der Waals surface area contributed by atoms with Crippen LogP contribution in [0.4, 0.5) is 4.39 Å². The fourth-order valence-electron chi connectivity index (χ4n) is 5.00. The van der Waals surface area contributed by atoms with Crippen molar-refractivity contribution in [2.75, 3.05) is 19.8 Å². The maximum absolute atomic E-state index is 13.2. The van der Waals surface area contributed by atoms with Gasteiger partial charge in [0.2, 0.25) is 5.91 Å². The van der Waals surface area contributed by atoms with E-state index in [0.717, 1.165) is 51.4 Å². The summed E-state index contributed by atoms with van der Waals surface area (Å²) in [6.07, 6.45) is -0.905. The predicted molar refractivity (Wildman–Crippen MR) is 159 cm³/mol. The number of benzene rings is 1. The predicted octanol–water partition coefficient (Wildman–Crippen LogP) is 0.890. The van der Waals surface area contributed by atoms with Crippen molar-refractivity contribution in [3.05, 3.63) is 35.6 Å². The molecule has 0 radical (unpaired) electrons. The molecule has 2 rings (SSSR count). The first kappa shape index (κ1) is 38.0. The lowest BCUT2D eigenvalue weighted by atomic mass is 9.99. The topological polar surface area (TPSA) is 198 Å². The van der Waals surface area contributed by atoms with Crippen molar-refractivity contribution in [1.82, 2.24) is 10.6 Å². The van der Waals surface area contributed by atoms with Crippen molar-refractivity contribution < 1.29 is 54.1 Å². The van der Waals surface area contributed by atoms with E-state index in [1.807, 2.05) is 0 Å². The molecule has 8 N–H and O–H groups in total. The normalized spacial score (nSPS) is 24.0. The van der Waals surface area contributed by atoms with Gasteiger partial charge in [-0.1, -0.05) is 57.9 Å². The first-order valence-electron chi connectivity index (χ1n) is 15.7. The Morgan fingerprint density at radius 2 is 1.59 bits per heavy atom. The van der Waals surface area contributed by atoms with Crippen molar-refractivity contribution in [2.24, 2.45) is 0 Å². The van der Waals surface area contributed by atoms with E-state index < -0.39 is 61.4 Å². The Bertz CT molecular complexity index is 971. The molecule has 0 aromatic heterocycles. The van der Waals surface area contributed by atoms with Gasteiger partial charge in [0.15, 0.2) is 6.29 Å². The maximum atomic E-state index is 13.2. The summed E-state index contributed by atoms with van der Waals surface area (Å²) in [6.45, 7) is 1.24. The van der Waals surface area contributed by atoms with Gasteiger partial charge in [-0.2, -0.15) is 0 Å². The number of amides is 2. The van der Waals surface area contributed by atoms with Crippen molar-refractivity contribution >= 4 is 11.8 Å². The third-order valence-electron chi connectivity index (χ3n) is 7.81. The van der Waals surface area contributed by atoms with Crippen LogP contribution in [0.1, 0.15) is 87.9 Å². The molecule has 8 atom stereocenters. The van der Waals surface area contributed by atoms with Crippen LogP contribution in [0.2, 0.25) is 0 Å². The second kappa shape index (κ2) is 20.7. The number of aliphatic hydroxyl groups excluding tert-OH is 6. The van der Waals surface area contributed by atoms with Crippen LogP contribution in [-0.2, 0) is 14.3 Å². The van der Waals surface area contributed by atoms with Crippen molar-refractivity contribution in [3.8, 4) is 0 Å². The van der Waals surface area contributed by atoms with Gasteiger partial charge in [0.25, 0.3) is 5.91 Å². The molecule has 1 saturated heterocycles. The average Bonchev–Trinajstić information content (AvgIpc) is 3.02. The molecule has 0 aliphatic carbocycles. The monoisotopic (exact) mass is 630 g/mol. The van der Waals surface area contributed by atoms with Crippen LogP contribution in [0, 0.1) is 5.82 Å². The summed E-state index contributed by atoms with van der Waals surface area (Å²) >= 11 is 0. The Hall–Kier alpha value is -2.23. The zero-order chi connectivity index (χ0) is 32.5. The van der Waals surface area contributed by atoms with Gasteiger partial charge in [-0.3, -0.25) is 9.59 Å². The molecule has 252 valence electrons. The summed E-state index contributed by atoms with van der Waals surface area (Å²) < 4.78 is 24.0. The molecule has 1 aliphatic rings. The number of carbonyl (C=O) groups excluding carboxylic acids is 2. The van der Waals surface area contributed by atoms with E-state index in [9.17, 15) is 44.6 Å². The molecule has 12 nitrogen and oxygen atoms in total. The molecular formula is C31H51FN2O10. The molecule has 13 heteroatoms. The Labute approximate surface area is 258 Å². The number of rotatable bonds is 21. The number of nitrogens with one attached hydrogen (secondary N) is 2. The van der Waals surface area contributed by atoms with Crippen LogP contribution >= 0.6 is 0 Å². The third kappa shape index (κ3) is 13.0. The average molecular weight is 631 g/mol. The van der Waals surface area contributed by atoms with Gasteiger partial charge in [-0.05, 0) is 37.5 Å². The summed E-state index contributed by atoms with van der Waals surface area (Å²) in [5.74, 6) is -1.04. The quantitative estimate of drug-likeness (QED) is 0.0903. The SMILES string of the molecule is CC[C@@H](O)[C@@H](O)[C@H](CO[C@H]1OC(CO)[C@H](O)C(O)C1O)NC(=O)CCCCCCCCCCCNC(=O)c1cccc(F)c1. The minimum atomic E-state index is -1.63. The highest BCUT2D eigenvalue weighted by molar-refractivity contribution is 5.94. The number of hydrogen-bond donors (Lipinski definition) is 8. The Kier molecular flexibility index (Phi) is 17.9. The van der Waals surface area contributed by atoms with Crippen LogP contribution in [0.5, 0.6) is 0 Å². The number of aliphatic hydroxyl groups is 6. The smallest absolute Gasteiger partial charge is 0.251 e. The fraction of sp³-hybridized carbons (Fsp3) is 0.742. The molecule has 1 aromatic carbocycles. The summed E-state index contributed by atoms with van der Waals surface area (Å²) in [5.41, 5.74) is 0.316. The highest BCUT2D eigenvalue weighted by Crippen LogP contribution is 2.22. The molecule has 0 bridgehead atoms. The second-order valence-corrected chi connectivity index (χ2v) is 11.4. The van der Waals surface area contributed by atoms with Gasteiger partial charge in [0.1, 0.15) is 36.3 Å². The highest BCUT2D eigenvalue weighted by Gasteiger charge is 2.44. The van der Waals surface area contributed by atoms with E-state index in [4.69, 9.17) is 9.47 Å². The lowest BCUT2D eigenvalue weighted by Crippen LogP contribution is -2.60. The van der Waals surface area contributed by atoms with E-state index in [1.54, 1.807) is 13.0 Å². The lowest BCUT2D eigenvalue weighted by Gasteiger charge is -2.40. The van der Waals surface area contributed by atoms with Crippen LogP contribution in [0.25, 0.3) is 0 Å². The van der Waals surface area contributed by atoms with Crippen LogP contribution in [0.3, 0.4) is 0 Å². The fourth-order valence-corrected chi connectivity index (χ4v) is 5.00. The van der Waals surface area contributed by atoms with E-state index in [1.165, 1.54) is 18.2 Å². The molecule has 0 spiro atoms. The Morgan fingerprint density at radius 1 is 0.955 bits per heavy atom. The standard InChI is InChI=1S/C31H51FN2O10/c1-2-23(36)26(38)22(19-43-31-29(41)28(40)27(39)24(18-35)44-31)34-25(37)15-10-8-6-4-3-5-7-9-11-16-33-30(42)20-13-12-14-21(32)17-20/h12-14,17,22-24,26-29,31,35-36,38-41H,2-11,15-16,18-19H2,1H3,(H,33,42)(H,34,37)/t22-,23+,24?,26-,27-,28?,29?,31-/m0/s1. The number of unbranched alkanes of at least 4 members (excludes halogenated alkanes) is 8. The molecule has 0 saturated carbocycles. The molecule has 1 heterocycles. The highest BCUT2D eigenvalue weighted by atomic mass is 19.1. The van der Waals surface area contributed by atoms with Gasteiger partial charge in [-0.25, -0.2) is 4.39 Å². The lowest BCUT2D eigenvalue weighted by molar-refractivity contribution is -0.303. The molecule has 1 aliphatic heterocycles. The Balaban J connectivity index is 1.59. The van der Waals surface area contributed by atoms with E-state index >= 15 is 0 Å². The third-order valence-corrected chi connectivity index (χ3v) is 7.81. The summed E-state index contributed by atoms with van der Waals surface area (Å²) in [5, 5.41) is 65.5. The van der Waals surface area contributed by atoms with Crippen molar-refractivity contribution in [2.45, 2.75) is 127 Å². The first-order chi connectivity index (χ1) is 21.1. The first-order valence-corrected chi connectivity index (χ1v) is 15.7. The van der Waals surface area contributed by atoms with E-state index in [-0.39, 0.29) is 31.3 Å². The molecule has 1 aromatic rings. The Morgan fingerprint density at radius 3 is 2.20 bits per heavy atom. The number of carbonyl (C=O) groups is 2. The molecule has 1 fully saturated rings. The molecule has 44 heavy (non-hydrogen) atoms. The maximum Gasteiger partial charge on any atom is 0.251 e. The summed E-state index contributed by atoms with van der Waals surface area (Å²) in [7, 11) is 0. The summed E-state index contributed by atoms with van der Waals surface area (Å²) in [6, 6.07) is 4.58. The van der Waals surface area contributed by atoms with Gasteiger partial charge < -0.3 is 50.7 Å². The largest absolute Gasteiger partial charge is 0.394 e. The zero-order valence-electron chi connectivity index (χ0n) is 25.5. The van der Waals surface area contributed by atoms with Gasteiger partial charge in [0.05, 0.1) is 25.4 Å². The van der Waals surface area contributed by atoms with Crippen LogP contribution < -0.4 is 10.6 Å². The zero-order valence-corrected chi connectivity index (χ0v) is 25.5. The number of ether oxygens (including phenoxy) is 2. The minimum absolute atomic E-state index is 0.215. The molecular weight excluding hydrogens is 579 g/mol. The van der Waals surface area contributed by atoms with Crippen LogP contribution in [0.15, 0.2) is 24.3 Å². The van der Waals surface area contributed by atoms with E-state index in [0.29, 0.717) is 18.5 Å². The number of hydrogen-bond acceptors (Lipinski definition) is 10.